The van der Waals surface area contributed by atoms with Crippen LogP contribution in [0.3, 0.4) is 0 Å². The van der Waals surface area contributed by atoms with E-state index < -0.39 is 5.60 Å². The number of fused-ring (bicyclic) bond motifs is 10. The first-order valence-electron chi connectivity index (χ1n) is 23.3. The van der Waals surface area contributed by atoms with Crippen molar-refractivity contribution in [3.63, 3.8) is 0 Å². The second kappa shape index (κ2) is 15.9. The first-order chi connectivity index (χ1) is 28.6. The van der Waals surface area contributed by atoms with E-state index in [9.17, 15) is 9.90 Å². The summed E-state index contributed by atoms with van der Waals surface area (Å²) in [7, 11) is 0. The van der Waals surface area contributed by atoms with Crippen LogP contribution in [0.2, 0.25) is 0 Å². The van der Waals surface area contributed by atoms with Crippen LogP contribution in [0.1, 0.15) is 111 Å². The van der Waals surface area contributed by atoms with Crippen molar-refractivity contribution in [1.82, 2.24) is 0 Å². The summed E-state index contributed by atoms with van der Waals surface area (Å²) in [4.78, 5) is 12.1. The quantitative estimate of drug-likeness (QED) is 0.308. The summed E-state index contributed by atoms with van der Waals surface area (Å²) >= 11 is 0. The molecule has 0 aromatic heterocycles. The number of carbonyl (C=O) groups excluding carboxylic acids is 1. The largest absolute Gasteiger partial charge is 0.456 e. The molecule has 9 fully saturated rings. The summed E-state index contributed by atoms with van der Waals surface area (Å²) in [6.45, 7) is 8.70. The van der Waals surface area contributed by atoms with E-state index in [4.69, 9.17) is 52.1 Å². The van der Waals surface area contributed by atoms with Crippen molar-refractivity contribution >= 4 is 5.97 Å². The van der Waals surface area contributed by atoms with Crippen LogP contribution in [-0.4, -0.2) is 145 Å². The van der Waals surface area contributed by atoms with Gasteiger partial charge in [0.1, 0.15) is 18.3 Å². The maximum atomic E-state index is 12.1. The number of aliphatic hydroxyl groups excluding tert-OH is 1. The Hall–Kier alpha value is -1.49. The molecule has 9 saturated heterocycles. The first-order valence-corrected chi connectivity index (χ1v) is 23.3. The van der Waals surface area contributed by atoms with E-state index in [0.717, 1.165) is 82.6 Å². The molecule has 0 aromatic rings. The molecule has 0 aromatic carbocycles. The first kappa shape index (κ1) is 40.3. The third-order valence-corrected chi connectivity index (χ3v) is 16.1. The van der Waals surface area contributed by atoms with E-state index in [-0.39, 0.29) is 146 Å². The molecule has 0 radical (unpaired) electrons. The van der Waals surface area contributed by atoms with Gasteiger partial charge in [0.05, 0.1) is 109 Å². The lowest BCUT2D eigenvalue weighted by molar-refractivity contribution is -0.310. The zero-order chi connectivity index (χ0) is 40.2. The summed E-state index contributed by atoms with van der Waals surface area (Å²) in [6, 6.07) is 0. The minimum atomic E-state index is -0.506. The number of ether oxygens (including phenoxy) is 11. The molecule has 0 amide bonds. The van der Waals surface area contributed by atoms with Crippen molar-refractivity contribution < 1.29 is 62.0 Å². The molecule has 13 nitrogen and oxygen atoms in total. The van der Waals surface area contributed by atoms with Gasteiger partial charge < -0.3 is 57.2 Å². The normalized spacial score (nSPS) is 55.1. The minimum Gasteiger partial charge on any atom is -0.456 e. The summed E-state index contributed by atoms with van der Waals surface area (Å²) < 4.78 is 74.3. The highest BCUT2D eigenvalue weighted by Crippen LogP contribution is 2.48. The molecule has 0 saturated carbocycles. The molecule has 11 rings (SSSR count). The van der Waals surface area contributed by atoms with Gasteiger partial charge in [-0.3, -0.25) is 0 Å². The van der Waals surface area contributed by atoms with E-state index in [1.165, 1.54) is 0 Å². The molecule has 11 heterocycles. The molecule has 0 aliphatic carbocycles. The van der Waals surface area contributed by atoms with Crippen LogP contribution in [0, 0.1) is 11.8 Å². The van der Waals surface area contributed by atoms with Crippen LogP contribution in [-0.2, 0) is 56.9 Å². The van der Waals surface area contributed by atoms with Gasteiger partial charge in [0.25, 0.3) is 0 Å². The molecule has 11 aliphatic rings. The maximum Gasteiger partial charge on any atom is 0.331 e. The van der Waals surface area contributed by atoms with Crippen LogP contribution in [0.15, 0.2) is 23.8 Å². The Morgan fingerprint density at radius 3 is 2.05 bits per heavy atom. The van der Waals surface area contributed by atoms with Crippen molar-refractivity contribution in [1.29, 1.82) is 0 Å². The predicted molar refractivity (Wildman–Crippen MR) is 209 cm³/mol. The number of aliphatic hydroxyl groups is 1. The van der Waals surface area contributed by atoms with Gasteiger partial charge in [-0.05, 0) is 76.2 Å². The fraction of sp³-hybridized carbons (Fsp3) is 0.891. The average molecular weight is 827 g/mol. The smallest absolute Gasteiger partial charge is 0.331 e. The fourth-order valence-corrected chi connectivity index (χ4v) is 12.9. The summed E-state index contributed by atoms with van der Waals surface area (Å²) in [5.74, 6) is 0.166. The second-order valence-corrected chi connectivity index (χ2v) is 20.5. The molecular weight excluding hydrogens is 760 g/mol. The lowest BCUT2D eigenvalue weighted by Gasteiger charge is -2.55. The van der Waals surface area contributed by atoms with Crippen LogP contribution in [0.25, 0.3) is 0 Å². The highest BCUT2D eigenvalue weighted by atomic mass is 16.6. The van der Waals surface area contributed by atoms with Gasteiger partial charge in [0.2, 0.25) is 0 Å². The Morgan fingerprint density at radius 1 is 0.661 bits per heavy atom. The maximum absolute atomic E-state index is 12.1. The van der Waals surface area contributed by atoms with Gasteiger partial charge in [-0.1, -0.05) is 26.0 Å². The Bertz CT molecular complexity index is 1620. The predicted octanol–water partition coefficient (Wildman–Crippen LogP) is 4.81. The number of hydrogen-bond donors (Lipinski definition) is 1. The van der Waals surface area contributed by atoms with Crippen LogP contribution in [0.4, 0.5) is 0 Å². The van der Waals surface area contributed by atoms with Gasteiger partial charge in [-0.2, -0.15) is 0 Å². The molecule has 1 N–H and O–H groups in total. The monoisotopic (exact) mass is 826 g/mol. The number of hydrogen-bond acceptors (Lipinski definition) is 13. The number of esters is 1. The van der Waals surface area contributed by atoms with E-state index in [0.29, 0.717) is 6.42 Å². The standard InChI is InChI=1S/C46H66O13/c1-22(21-47)12-25-7-8-27-31(49-25)15-35-36(51-27)16-32-26(50-35)6-5-11-46(4)42(55-32)20-39-40(59-46)18-33-28(52-39)9-10-29-44(57-33)23(2)13-30-34(53-29)17-38-37(54-30)19-41-45(58-38)24(3)14-43(48)56-41/h5-6,14,22-23,25-42,44-45,47H,7-13,15-21H2,1-4H3/b6-5-/t22?,23-,25?,26?,27?,28?,29?,30?,31?,32?,33?,34?,35?,36?,37?,38?,39?,40?,41?,42?,44?,45?,46?/m1/s1. The molecule has 0 bridgehead atoms. The molecule has 0 spiro atoms. The SMILES string of the molecule is CC1=CC(=O)OC2CC3OC4C[C@@H](C)C5OC6CC7OC8(C)C/C=C\C9OC%10CC%11OC(CC(C)CO)CCC%11OC%10CC9OC8CC7OC6CCC5OC4CC3OC12. The Balaban J connectivity index is 0.733. The van der Waals surface area contributed by atoms with Gasteiger partial charge in [0, 0.05) is 51.2 Å². The Morgan fingerprint density at radius 2 is 1.25 bits per heavy atom. The summed E-state index contributed by atoms with van der Waals surface area (Å²) in [6.07, 6.45) is 15.1. The van der Waals surface area contributed by atoms with Gasteiger partial charge in [-0.15, -0.1) is 0 Å². The molecule has 59 heavy (non-hydrogen) atoms. The number of rotatable bonds is 3. The van der Waals surface area contributed by atoms with E-state index in [1.54, 1.807) is 6.08 Å². The van der Waals surface area contributed by atoms with Crippen molar-refractivity contribution in [2.75, 3.05) is 6.61 Å². The average Bonchev–Trinajstić information content (AvgIpc) is 3.45. The van der Waals surface area contributed by atoms with Crippen LogP contribution < -0.4 is 0 Å². The third-order valence-electron chi connectivity index (χ3n) is 16.1. The lowest BCUT2D eigenvalue weighted by Crippen LogP contribution is -2.63. The van der Waals surface area contributed by atoms with E-state index in [2.05, 4.69) is 32.9 Å². The van der Waals surface area contributed by atoms with Gasteiger partial charge in [-0.25, -0.2) is 4.79 Å². The van der Waals surface area contributed by atoms with Crippen LogP contribution in [0.5, 0.6) is 0 Å². The van der Waals surface area contributed by atoms with Crippen molar-refractivity contribution in [2.24, 2.45) is 11.8 Å². The number of carbonyl (C=O) groups is 1. The Labute approximate surface area is 348 Å². The zero-order valence-electron chi connectivity index (χ0n) is 35.2. The molecule has 23 atom stereocenters. The van der Waals surface area contributed by atoms with Crippen molar-refractivity contribution in [2.45, 2.75) is 239 Å². The lowest BCUT2D eigenvalue weighted by atomic mass is 9.80. The van der Waals surface area contributed by atoms with E-state index in [1.807, 2.05) is 6.92 Å². The molecular formula is C46H66O13. The minimum absolute atomic E-state index is 0.0286. The topological polar surface area (TPSA) is 139 Å². The molecule has 11 aliphatic heterocycles. The second-order valence-electron chi connectivity index (χ2n) is 20.5. The molecule has 13 heteroatoms. The van der Waals surface area contributed by atoms with Gasteiger partial charge >= 0.3 is 5.97 Å². The van der Waals surface area contributed by atoms with Gasteiger partial charge in [0.15, 0.2) is 0 Å². The highest BCUT2D eigenvalue weighted by Gasteiger charge is 2.57. The Kier molecular flexibility index (Phi) is 10.9. The molecule has 22 unspecified atom stereocenters. The van der Waals surface area contributed by atoms with E-state index >= 15 is 0 Å². The zero-order valence-corrected chi connectivity index (χ0v) is 35.2. The van der Waals surface area contributed by atoms with Crippen molar-refractivity contribution in [3.05, 3.63) is 23.8 Å². The third kappa shape index (κ3) is 7.61. The molecule has 328 valence electrons. The fourth-order valence-electron chi connectivity index (χ4n) is 12.9. The summed E-state index contributed by atoms with van der Waals surface area (Å²) in [5, 5.41) is 9.59. The van der Waals surface area contributed by atoms with Crippen LogP contribution >= 0.6 is 0 Å². The van der Waals surface area contributed by atoms with Crippen molar-refractivity contribution in [3.8, 4) is 0 Å². The summed E-state index contributed by atoms with van der Waals surface area (Å²) in [5.41, 5.74) is 0.412. The highest BCUT2D eigenvalue weighted by molar-refractivity contribution is 5.84.